The van der Waals surface area contributed by atoms with Crippen LogP contribution in [-0.2, 0) is 22.3 Å². The van der Waals surface area contributed by atoms with Crippen molar-refractivity contribution in [1.29, 1.82) is 0 Å². The summed E-state index contributed by atoms with van der Waals surface area (Å²) in [4.78, 5) is 8.80. The van der Waals surface area contributed by atoms with E-state index in [-0.39, 0.29) is 11.8 Å². The second-order valence-electron chi connectivity index (χ2n) is 7.72. The average molecular weight is 411 g/mol. The Morgan fingerprint density at radius 3 is 2.59 bits per heavy atom. The van der Waals surface area contributed by atoms with Crippen LogP contribution in [-0.4, -0.2) is 33.8 Å². The Balaban J connectivity index is 1.61. The first-order valence-electron chi connectivity index (χ1n) is 9.90. The second kappa shape index (κ2) is 8.08. The quantitative estimate of drug-likeness (QED) is 0.623. The molecule has 0 unspecified atom stereocenters. The van der Waals surface area contributed by atoms with Crippen LogP contribution < -0.4 is 0 Å². The lowest BCUT2D eigenvalue weighted by Crippen LogP contribution is -2.33. The van der Waals surface area contributed by atoms with Crippen molar-refractivity contribution in [3.63, 3.8) is 0 Å². The summed E-state index contributed by atoms with van der Waals surface area (Å²) in [5.41, 5.74) is 4.03. The molecule has 1 saturated heterocycles. The fourth-order valence-corrected chi connectivity index (χ4v) is 5.71. The van der Waals surface area contributed by atoms with E-state index < -0.39 is 10.0 Å². The molecule has 0 radical (unpaired) electrons. The molecule has 0 N–H and O–H groups in total. The molecular weight excluding hydrogens is 384 g/mol. The minimum Gasteiger partial charge on any atom is -0.327 e. The Bertz CT molecular complexity index is 1080. The molecule has 1 aromatic carbocycles. The van der Waals surface area contributed by atoms with E-state index in [9.17, 15) is 8.42 Å². The number of nitrogens with zero attached hydrogens (tertiary/aromatic N) is 4. The predicted octanol–water partition coefficient (Wildman–Crippen LogP) is 3.61. The van der Waals surface area contributed by atoms with Crippen molar-refractivity contribution in [1.82, 2.24) is 18.8 Å². The molecule has 2 aromatic heterocycles. The number of benzene rings is 1. The lowest BCUT2D eigenvalue weighted by molar-refractivity contribution is 0.373. The normalized spacial score (nSPS) is 17.7. The van der Waals surface area contributed by atoms with Gasteiger partial charge in [-0.05, 0) is 43.9 Å². The molecular formula is C22H26N4O2S. The first-order chi connectivity index (χ1) is 13.9. The zero-order valence-electron chi connectivity index (χ0n) is 16.8. The van der Waals surface area contributed by atoms with Gasteiger partial charge in [-0.1, -0.05) is 35.9 Å². The third-order valence-electron chi connectivity index (χ3n) is 5.48. The summed E-state index contributed by atoms with van der Waals surface area (Å²) in [6.07, 6.45) is 7.05. The van der Waals surface area contributed by atoms with Gasteiger partial charge in [0, 0.05) is 30.8 Å². The Kier molecular flexibility index (Phi) is 5.52. The van der Waals surface area contributed by atoms with E-state index in [1.165, 1.54) is 0 Å². The molecule has 152 valence electrons. The molecule has 3 aromatic rings. The first kappa shape index (κ1) is 19.8. The van der Waals surface area contributed by atoms with Crippen molar-refractivity contribution in [3.8, 4) is 0 Å². The van der Waals surface area contributed by atoms with Gasteiger partial charge in [-0.3, -0.25) is 4.98 Å². The van der Waals surface area contributed by atoms with Crippen LogP contribution in [0.3, 0.4) is 0 Å². The monoisotopic (exact) mass is 410 g/mol. The Morgan fingerprint density at radius 1 is 1.07 bits per heavy atom. The van der Waals surface area contributed by atoms with E-state index in [0.29, 0.717) is 13.1 Å². The number of hydrogen-bond acceptors (Lipinski definition) is 4. The van der Waals surface area contributed by atoms with E-state index >= 15 is 0 Å². The van der Waals surface area contributed by atoms with Gasteiger partial charge in [0.05, 0.1) is 18.3 Å². The highest BCUT2D eigenvalue weighted by atomic mass is 32.2. The Morgan fingerprint density at radius 2 is 1.86 bits per heavy atom. The highest BCUT2D eigenvalue weighted by molar-refractivity contribution is 7.88. The third-order valence-corrected chi connectivity index (χ3v) is 7.33. The molecule has 0 aliphatic carbocycles. The van der Waals surface area contributed by atoms with Gasteiger partial charge in [0.1, 0.15) is 5.82 Å². The van der Waals surface area contributed by atoms with Gasteiger partial charge in [-0.15, -0.1) is 0 Å². The summed E-state index contributed by atoms with van der Waals surface area (Å²) in [5, 5.41) is 0. The molecule has 1 aliphatic rings. The van der Waals surface area contributed by atoms with Crippen molar-refractivity contribution in [2.45, 2.75) is 45.0 Å². The van der Waals surface area contributed by atoms with E-state index in [1.807, 2.05) is 62.6 Å². The van der Waals surface area contributed by atoms with Crippen molar-refractivity contribution >= 4 is 10.0 Å². The third kappa shape index (κ3) is 4.26. The van der Waals surface area contributed by atoms with Crippen LogP contribution >= 0.6 is 0 Å². The van der Waals surface area contributed by atoms with Crippen molar-refractivity contribution in [2.24, 2.45) is 0 Å². The predicted molar refractivity (Wildman–Crippen MR) is 113 cm³/mol. The summed E-state index contributed by atoms with van der Waals surface area (Å²) < 4.78 is 30.2. The highest BCUT2D eigenvalue weighted by Gasteiger charge is 2.37. The van der Waals surface area contributed by atoms with E-state index in [0.717, 1.165) is 41.1 Å². The fourth-order valence-electron chi connectivity index (χ4n) is 3.93. The van der Waals surface area contributed by atoms with Gasteiger partial charge in [0.25, 0.3) is 0 Å². The summed E-state index contributed by atoms with van der Waals surface area (Å²) in [7, 11) is -3.44. The average Bonchev–Trinajstić information content (AvgIpc) is 3.32. The largest absolute Gasteiger partial charge is 0.327 e. The van der Waals surface area contributed by atoms with Gasteiger partial charge >= 0.3 is 0 Å². The standard InChI is InChI=1S/C22H26N4O2S/c1-17-7-9-19(10-8-17)16-29(27,28)26-12-4-6-21(26)22-24-13-18(2)25(22)15-20-5-3-11-23-14-20/h3,5,7-11,13-14,21H,4,6,12,15-16H2,1-2H3/t21-/m0/s1. The molecule has 6 nitrogen and oxygen atoms in total. The van der Waals surface area contributed by atoms with Gasteiger partial charge < -0.3 is 4.57 Å². The zero-order valence-corrected chi connectivity index (χ0v) is 17.6. The van der Waals surface area contributed by atoms with Gasteiger partial charge in [-0.2, -0.15) is 4.31 Å². The maximum atomic E-state index is 13.2. The molecule has 0 spiro atoms. The molecule has 7 heteroatoms. The van der Waals surface area contributed by atoms with E-state index in [2.05, 4.69) is 14.5 Å². The number of rotatable bonds is 6. The molecule has 1 aliphatic heterocycles. The number of aryl methyl sites for hydroxylation is 2. The Labute approximate surface area is 172 Å². The molecule has 1 atom stereocenters. The molecule has 4 rings (SSSR count). The lowest BCUT2D eigenvalue weighted by atomic mass is 10.2. The molecule has 0 saturated carbocycles. The maximum Gasteiger partial charge on any atom is 0.218 e. The molecule has 29 heavy (non-hydrogen) atoms. The minimum atomic E-state index is -3.44. The van der Waals surface area contributed by atoms with E-state index in [1.54, 1.807) is 10.5 Å². The topological polar surface area (TPSA) is 68.1 Å². The zero-order chi connectivity index (χ0) is 20.4. The maximum absolute atomic E-state index is 13.2. The van der Waals surface area contributed by atoms with Crippen molar-refractivity contribution < 1.29 is 8.42 Å². The minimum absolute atomic E-state index is 0.0199. The molecule has 3 heterocycles. The Hall–Kier alpha value is -2.51. The van der Waals surface area contributed by atoms with Crippen LogP contribution in [0.2, 0.25) is 0 Å². The summed E-state index contributed by atoms with van der Waals surface area (Å²) in [5.74, 6) is 0.836. The number of sulfonamides is 1. The van der Waals surface area contributed by atoms with Crippen LogP contribution in [0.5, 0.6) is 0 Å². The van der Waals surface area contributed by atoms with Crippen molar-refractivity contribution in [3.05, 3.63) is 83.2 Å². The van der Waals surface area contributed by atoms with Gasteiger partial charge in [0.2, 0.25) is 10.0 Å². The van der Waals surface area contributed by atoms with Crippen LogP contribution in [0.1, 0.15) is 47.1 Å². The van der Waals surface area contributed by atoms with Crippen LogP contribution in [0.4, 0.5) is 0 Å². The van der Waals surface area contributed by atoms with Crippen LogP contribution in [0, 0.1) is 13.8 Å². The molecule has 0 amide bonds. The van der Waals surface area contributed by atoms with Crippen molar-refractivity contribution in [2.75, 3.05) is 6.54 Å². The van der Waals surface area contributed by atoms with Crippen LogP contribution in [0.15, 0.2) is 55.0 Å². The number of hydrogen-bond donors (Lipinski definition) is 0. The summed E-state index contributed by atoms with van der Waals surface area (Å²) in [6, 6.07) is 11.4. The number of imidazole rings is 1. The molecule has 0 bridgehead atoms. The smallest absolute Gasteiger partial charge is 0.218 e. The lowest BCUT2D eigenvalue weighted by Gasteiger charge is -2.25. The van der Waals surface area contributed by atoms with Gasteiger partial charge in [0.15, 0.2) is 0 Å². The first-order valence-corrected chi connectivity index (χ1v) is 11.5. The second-order valence-corrected chi connectivity index (χ2v) is 9.64. The SMILES string of the molecule is Cc1ccc(CS(=O)(=O)N2CCC[C@H]2c2ncc(C)n2Cc2cccnc2)cc1. The van der Waals surface area contributed by atoms with Crippen LogP contribution in [0.25, 0.3) is 0 Å². The fraction of sp³-hybridized carbons (Fsp3) is 0.364. The number of pyridine rings is 1. The number of aromatic nitrogens is 3. The molecule has 1 fully saturated rings. The summed E-state index contributed by atoms with van der Waals surface area (Å²) in [6.45, 7) is 5.18. The highest BCUT2D eigenvalue weighted by Crippen LogP contribution is 2.35. The van der Waals surface area contributed by atoms with Gasteiger partial charge in [-0.25, -0.2) is 13.4 Å². The summed E-state index contributed by atoms with van der Waals surface area (Å²) >= 11 is 0. The van der Waals surface area contributed by atoms with E-state index in [4.69, 9.17) is 0 Å².